The molecule has 6 atom stereocenters. The first-order chi connectivity index (χ1) is 11.4. The van der Waals surface area contributed by atoms with Gasteiger partial charge < -0.3 is 30.1 Å². The molecule has 0 unspecified atom stereocenters. The fourth-order valence-electron chi connectivity index (χ4n) is 3.39. The van der Waals surface area contributed by atoms with Gasteiger partial charge in [0.2, 0.25) is 5.91 Å². The van der Waals surface area contributed by atoms with Crippen LogP contribution in [-0.2, 0) is 9.53 Å². The Morgan fingerprint density at radius 3 is 2.67 bits per heavy atom. The van der Waals surface area contributed by atoms with Gasteiger partial charge in [-0.2, -0.15) is 4.57 Å². The van der Waals surface area contributed by atoms with E-state index in [4.69, 9.17) is 4.74 Å². The summed E-state index contributed by atoms with van der Waals surface area (Å²) in [6, 6.07) is 3.61. The van der Waals surface area contributed by atoms with E-state index in [1.165, 1.54) is 0 Å². The zero-order valence-corrected chi connectivity index (χ0v) is 13.4. The van der Waals surface area contributed by atoms with E-state index in [0.29, 0.717) is 12.8 Å². The quantitative estimate of drug-likeness (QED) is 0.485. The lowest BCUT2D eigenvalue weighted by Crippen LogP contribution is -2.62. The van der Waals surface area contributed by atoms with Crippen LogP contribution in [0, 0.1) is 0 Å². The van der Waals surface area contributed by atoms with Gasteiger partial charge in [0.05, 0.1) is 12.6 Å². The summed E-state index contributed by atoms with van der Waals surface area (Å²) < 4.78 is 7.15. The van der Waals surface area contributed by atoms with Crippen molar-refractivity contribution in [2.75, 3.05) is 13.7 Å². The number of nitrogens with zero attached hydrogens (tertiary/aromatic N) is 2. The molecule has 0 radical (unpaired) electrons. The minimum atomic E-state index is -1.42. The van der Waals surface area contributed by atoms with Crippen LogP contribution in [0.25, 0.3) is 0 Å². The summed E-state index contributed by atoms with van der Waals surface area (Å²) in [5.41, 5.74) is 0.891. The number of carbonyl (C=O) groups is 1. The third-order valence-corrected chi connectivity index (χ3v) is 4.88. The van der Waals surface area contributed by atoms with E-state index in [1.807, 2.05) is 6.07 Å². The SMILES string of the molecule is CN1C(=O)CC[C@@H]1c1ccc[n+]([C@@H]2O[C@@H](CO)[C@@H](O)[C@H](O)[C@H]2O)c1. The third-order valence-electron chi connectivity index (χ3n) is 4.88. The van der Waals surface area contributed by atoms with Crippen LogP contribution in [0.15, 0.2) is 24.5 Å². The molecule has 3 rings (SSSR count). The third kappa shape index (κ3) is 2.91. The maximum atomic E-state index is 11.7. The van der Waals surface area contributed by atoms with Gasteiger partial charge in [0.15, 0.2) is 18.5 Å². The number of aliphatic hydroxyl groups is 4. The van der Waals surface area contributed by atoms with Crippen LogP contribution in [0.4, 0.5) is 0 Å². The smallest absolute Gasteiger partial charge is 0.292 e. The molecular weight excluding hydrogens is 316 g/mol. The lowest BCUT2D eigenvalue weighted by Gasteiger charge is -2.36. The second kappa shape index (κ2) is 6.73. The van der Waals surface area contributed by atoms with Crippen molar-refractivity contribution in [2.45, 2.75) is 49.5 Å². The monoisotopic (exact) mass is 339 g/mol. The van der Waals surface area contributed by atoms with Crippen molar-refractivity contribution in [1.82, 2.24) is 4.90 Å². The second-order valence-electron chi connectivity index (χ2n) is 6.36. The van der Waals surface area contributed by atoms with Gasteiger partial charge in [-0.3, -0.25) is 4.79 Å². The summed E-state index contributed by atoms with van der Waals surface area (Å²) >= 11 is 0. The number of carbonyl (C=O) groups excluding carboxylic acids is 1. The van der Waals surface area contributed by atoms with Crippen LogP contribution in [0.5, 0.6) is 0 Å². The zero-order chi connectivity index (χ0) is 17.4. The van der Waals surface area contributed by atoms with Gasteiger partial charge in [-0.05, 0) is 12.5 Å². The highest BCUT2D eigenvalue weighted by atomic mass is 16.6. The molecule has 8 nitrogen and oxygen atoms in total. The molecule has 0 saturated carbocycles. The molecule has 0 aromatic carbocycles. The highest BCUT2D eigenvalue weighted by Gasteiger charge is 2.48. The molecule has 1 amide bonds. The van der Waals surface area contributed by atoms with Crippen LogP contribution < -0.4 is 4.57 Å². The van der Waals surface area contributed by atoms with Crippen molar-refractivity contribution >= 4 is 5.91 Å². The van der Waals surface area contributed by atoms with Crippen molar-refractivity contribution in [3.63, 3.8) is 0 Å². The molecule has 1 aromatic rings. The number of hydrogen-bond acceptors (Lipinski definition) is 6. The second-order valence-corrected chi connectivity index (χ2v) is 6.36. The van der Waals surface area contributed by atoms with E-state index >= 15 is 0 Å². The van der Waals surface area contributed by atoms with Gasteiger partial charge in [-0.1, -0.05) is 0 Å². The van der Waals surface area contributed by atoms with Gasteiger partial charge in [0, 0.05) is 25.1 Å². The van der Waals surface area contributed by atoms with Crippen LogP contribution in [-0.4, -0.2) is 69.3 Å². The van der Waals surface area contributed by atoms with Gasteiger partial charge in [-0.15, -0.1) is 0 Å². The van der Waals surface area contributed by atoms with E-state index in [-0.39, 0.29) is 11.9 Å². The van der Waals surface area contributed by atoms with E-state index in [9.17, 15) is 25.2 Å². The van der Waals surface area contributed by atoms with Crippen LogP contribution in [0.1, 0.15) is 30.7 Å². The number of likely N-dealkylation sites (tertiary alicyclic amines) is 1. The van der Waals surface area contributed by atoms with Crippen molar-refractivity contribution in [1.29, 1.82) is 0 Å². The molecule has 0 bridgehead atoms. The first-order valence-corrected chi connectivity index (χ1v) is 8.01. The topological polar surface area (TPSA) is 114 Å². The molecule has 3 heterocycles. The summed E-state index contributed by atoms with van der Waals surface area (Å²) in [5.74, 6) is 0.0863. The van der Waals surface area contributed by atoms with Crippen molar-refractivity contribution < 1.29 is 34.5 Å². The van der Waals surface area contributed by atoms with Gasteiger partial charge in [0.1, 0.15) is 18.3 Å². The molecular formula is C16H23N2O6+. The number of ether oxygens (including phenoxy) is 1. The van der Waals surface area contributed by atoms with E-state index in [0.717, 1.165) is 5.56 Å². The lowest BCUT2D eigenvalue weighted by atomic mass is 9.98. The molecule has 132 valence electrons. The fraction of sp³-hybridized carbons (Fsp3) is 0.625. The van der Waals surface area contributed by atoms with Crippen LogP contribution in [0.3, 0.4) is 0 Å². The summed E-state index contributed by atoms with van der Waals surface area (Å²) in [6.07, 6.45) is -1.41. The average Bonchev–Trinajstić information content (AvgIpc) is 2.92. The molecule has 24 heavy (non-hydrogen) atoms. The molecule has 2 saturated heterocycles. The number of rotatable bonds is 3. The minimum absolute atomic E-state index is 0.0464. The molecule has 2 aliphatic heterocycles. The largest absolute Gasteiger partial charge is 0.394 e. The Balaban J connectivity index is 1.87. The molecule has 2 aliphatic rings. The van der Waals surface area contributed by atoms with Crippen LogP contribution in [0.2, 0.25) is 0 Å². The Morgan fingerprint density at radius 1 is 1.29 bits per heavy atom. The average molecular weight is 339 g/mol. The van der Waals surface area contributed by atoms with E-state index in [2.05, 4.69) is 0 Å². The molecule has 2 fully saturated rings. The number of aliphatic hydroxyl groups excluding tert-OH is 4. The highest BCUT2D eigenvalue weighted by molar-refractivity contribution is 5.78. The first kappa shape index (κ1) is 17.2. The first-order valence-electron chi connectivity index (χ1n) is 8.01. The summed E-state index contributed by atoms with van der Waals surface area (Å²) in [7, 11) is 1.76. The van der Waals surface area contributed by atoms with Gasteiger partial charge >= 0.3 is 0 Å². The number of hydrogen-bond donors (Lipinski definition) is 4. The summed E-state index contributed by atoms with van der Waals surface area (Å²) in [4.78, 5) is 13.4. The Hall–Kier alpha value is -1.58. The van der Waals surface area contributed by atoms with E-state index in [1.54, 1.807) is 35.0 Å². The highest BCUT2D eigenvalue weighted by Crippen LogP contribution is 2.31. The Kier molecular flexibility index (Phi) is 4.84. The minimum Gasteiger partial charge on any atom is -0.394 e. The predicted molar refractivity (Wildman–Crippen MR) is 80.4 cm³/mol. The zero-order valence-electron chi connectivity index (χ0n) is 13.4. The van der Waals surface area contributed by atoms with Crippen molar-refractivity contribution in [3.8, 4) is 0 Å². The molecule has 0 aliphatic carbocycles. The molecule has 8 heteroatoms. The lowest BCUT2D eigenvalue weighted by molar-refractivity contribution is -0.778. The summed E-state index contributed by atoms with van der Waals surface area (Å²) in [5, 5.41) is 39.3. The van der Waals surface area contributed by atoms with Crippen molar-refractivity contribution in [2.24, 2.45) is 0 Å². The maximum absolute atomic E-state index is 11.7. The number of amides is 1. The van der Waals surface area contributed by atoms with Gasteiger partial charge in [-0.25, -0.2) is 0 Å². The number of aromatic nitrogens is 1. The Bertz CT molecular complexity index is 610. The maximum Gasteiger partial charge on any atom is 0.292 e. The van der Waals surface area contributed by atoms with Crippen LogP contribution >= 0.6 is 0 Å². The Morgan fingerprint density at radius 2 is 2.04 bits per heavy atom. The summed E-state index contributed by atoms with van der Waals surface area (Å²) in [6.45, 7) is -0.471. The number of pyridine rings is 1. The normalized spacial score (nSPS) is 37.0. The predicted octanol–water partition coefficient (Wildman–Crippen LogP) is -1.76. The molecule has 1 aromatic heterocycles. The Labute approximate surface area is 139 Å². The van der Waals surface area contributed by atoms with Crippen molar-refractivity contribution in [3.05, 3.63) is 30.1 Å². The van der Waals surface area contributed by atoms with E-state index < -0.39 is 37.3 Å². The molecule has 0 spiro atoms. The standard InChI is InChI=1S/C16H23N2O6/c1-17-10(4-5-12(17)20)9-3-2-6-18(7-9)16-15(23)14(22)13(21)11(8-19)24-16/h2-3,6-7,10-11,13-16,19,21-23H,4-5,8H2,1H3/q+1/t10-,11+,13-,14+,15-,16-/m1/s1. The molecule has 4 N–H and O–H groups in total. The fourth-order valence-corrected chi connectivity index (χ4v) is 3.39. The van der Waals surface area contributed by atoms with Gasteiger partial charge in [0.25, 0.3) is 6.23 Å².